The number of nitrogens with zero attached hydrogens (tertiary/aromatic N) is 2. The SMILES string of the molecule is CN1C(=O)C(N)N=C(c2ccccc2Br)c2cc(F)ccc21. The monoisotopic (exact) mass is 361 g/mol. The van der Waals surface area contributed by atoms with Crippen LogP contribution in [0.25, 0.3) is 0 Å². The smallest absolute Gasteiger partial charge is 0.266 e. The molecule has 1 atom stereocenters. The minimum atomic E-state index is -1.03. The quantitative estimate of drug-likeness (QED) is 0.848. The predicted octanol–water partition coefficient (Wildman–Crippen LogP) is 2.69. The first-order chi connectivity index (χ1) is 10.5. The molecule has 2 aromatic rings. The number of anilines is 1. The number of halogens is 2. The summed E-state index contributed by atoms with van der Waals surface area (Å²) < 4.78 is 14.5. The summed E-state index contributed by atoms with van der Waals surface area (Å²) in [6.07, 6.45) is -1.03. The predicted molar refractivity (Wildman–Crippen MR) is 87.6 cm³/mol. The topological polar surface area (TPSA) is 58.7 Å². The second kappa shape index (κ2) is 5.62. The van der Waals surface area contributed by atoms with Gasteiger partial charge in [-0.3, -0.25) is 9.79 Å². The summed E-state index contributed by atoms with van der Waals surface area (Å²) in [6.45, 7) is 0. The van der Waals surface area contributed by atoms with Gasteiger partial charge in [0.05, 0.1) is 11.4 Å². The van der Waals surface area contributed by atoms with Gasteiger partial charge in [-0.25, -0.2) is 4.39 Å². The van der Waals surface area contributed by atoms with Crippen molar-refractivity contribution < 1.29 is 9.18 Å². The van der Waals surface area contributed by atoms with Crippen molar-refractivity contribution >= 4 is 33.2 Å². The van der Waals surface area contributed by atoms with Crippen LogP contribution in [-0.4, -0.2) is 24.8 Å². The third-order valence-corrected chi connectivity index (χ3v) is 4.25. The second-order valence-electron chi connectivity index (χ2n) is 4.96. The van der Waals surface area contributed by atoms with E-state index in [2.05, 4.69) is 20.9 Å². The molecular weight excluding hydrogens is 349 g/mol. The van der Waals surface area contributed by atoms with Crippen LogP contribution in [0.3, 0.4) is 0 Å². The largest absolute Gasteiger partial charge is 0.312 e. The van der Waals surface area contributed by atoms with E-state index in [0.717, 1.165) is 10.0 Å². The van der Waals surface area contributed by atoms with Gasteiger partial charge in [-0.15, -0.1) is 0 Å². The number of aliphatic imine (C=N–C) groups is 1. The van der Waals surface area contributed by atoms with Gasteiger partial charge in [0.1, 0.15) is 5.82 Å². The number of carbonyl (C=O) groups is 1. The Balaban J connectivity index is 2.31. The van der Waals surface area contributed by atoms with Crippen molar-refractivity contribution in [1.29, 1.82) is 0 Å². The highest BCUT2D eigenvalue weighted by Gasteiger charge is 2.28. The maximum Gasteiger partial charge on any atom is 0.266 e. The van der Waals surface area contributed by atoms with E-state index >= 15 is 0 Å². The van der Waals surface area contributed by atoms with Crippen molar-refractivity contribution in [3.63, 3.8) is 0 Å². The van der Waals surface area contributed by atoms with Gasteiger partial charge in [-0.05, 0) is 24.3 Å². The Morgan fingerprint density at radius 3 is 2.68 bits per heavy atom. The van der Waals surface area contributed by atoms with Gasteiger partial charge in [0.15, 0.2) is 6.17 Å². The lowest BCUT2D eigenvalue weighted by atomic mass is 10.00. The number of amides is 1. The maximum absolute atomic E-state index is 13.7. The van der Waals surface area contributed by atoms with E-state index in [9.17, 15) is 9.18 Å². The molecule has 3 rings (SSSR count). The normalized spacial score (nSPS) is 17.8. The molecule has 1 aliphatic rings. The van der Waals surface area contributed by atoms with Gasteiger partial charge >= 0.3 is 0 Å². The van der Waals surface area contributed by atoms with E-state index in [-0.39, 0.29) is 5.91 Å². The summed E-state index contributed by atoms with van der Waals surface area (Å²) in [5.74, 6) is -0.732. The molecular formula is C16H13BrFN3O. The van der Waals surface area contributed by atoms with Crippen LogP contribution in [0.2, 0.25) is 0 Å². The van der Waals surface area contributed by atoms with Gasteiger partial charge in [-0.1, -0.05) is 34.1 Å². The molecule has 0 radical (unpaired) electrons. The molecule has 0 aliphatic carbocycles. The lowest BCUT2D eigenvalue weighted by molar-refractivity contribution is -0.119. The van der Waals surface area contributed by atoms with E-state index in [1.165, 1.54) is 17.0 Å². The van der Waals surface area contributed by atoms with Gasteiger partial charge in [0.25, 0.3) is 5.91 Å². The van der Waals surface area contributed by atoms with Crippen molar-refractivity contribution in [2.24, 2.45) is 10.7 Å². The number of likely N-dealkylation sites (N-methyl/N-ethyl adjacent to an activating group) is 1. The Kier molecular flexibility index (Phi) is 3.80. The third kappa shape index (κ3) is 2.44. The molecule has 22 heavy (non-hydrogen) atoms. The molecule has 1 heterocycles. The van der Waals surface area contributed by atoms with Gasteiger partial charge in [-0.2, -0.15) is 0 Å². The highest BCUT2D eigenvalue weighted by atomic mass is 79.9. The summed E-state index contributed by atoms with van der Waals surface area (Å²) in [4.78, 5) is 18.0. The van der Waals surface area contributed by atoms with Crippen LogP contribution in [0, 0.1) is 5.82 Å². The van der Waals surface area contributed by atoms with Crippen LogP contribution in [0.1, 0.15) is 11.1 Å². The summed E-state index contributed by atoms with van der Waals surface area (Å²) >= 11 is 3.46. The highest BCUT2D eigenvalue weighted by molar-refractivity contribution is 9.10. The van der Waals surface area contributed by atoms with E-state index in [1.807, 2.05) is 24.3 Å². The maximum atomic E-state index is 13.7. The van der Waals surface area contributed by atoms with Crippen molar-refractivity contribution in [2.45, 2.75) is 6.17 Å². The third-order valence-electron chi connectivity index (χ3n) is 3.56. The van der Waals surface area contributed by atoms with E-state index in [4.69, 9.17) is 5.73 Å². The lowest BCUT2D eigenvalue weighted by Gasteiger charge is -2.19. The number of hydrogen-bond acceptors (Lipinski definition) is 3. The number of fused-ring (bicyclic) bond motifs is 1. The minimum Gasteiger partial charge on any atom is -0.312 e. The first-order valence-corrected chi connectivity index (χ1v) is 7.44. The molecule has 0 saturated carbocycles. The van der Waals surface area contributed by atoms with Crippen LogP contribution < -0.4 is 10.6 Å². The second-order valence-corrected chi connectivity index (χ2v) is 5.82. The zero-order valence-corrected chi connectivity index (χ0v) is 13.3. The fourth-order valence-corrected chi connectivity index (χ4v) is 2.91. The lowest BCUT2D eigenvalue weighted by Crippen LogP contribution is -2.39. The standard InChI is InChI=1S/C16H13BrFN3O/c1-21-13-7-6-9(18)8-11(13)14(20-15(19)16(21)22)10-4-2-3-5-12(10)17/h2-8,15H,19H2,1H3. The highest BCUT2D eigenvalue weighted by Crippen LogP contribution is 2.30. The van der Waals surface area contributed by atoms with Crippen molar-refractivity contribution in [2.75, 3.05) is 11.9 Å². The number of nitrogens with two attached hydrogens (primary N) is 1. The van der Waals surface area contributed by atoms with Crippen LogP contribution in [0.5, 0.6) is 0 Å². The van der Waals surface area contributed by atoms with Crippen LogP contribution in [0.15, 0.2) is 51.9 Å². The first-order valence-electron chi connectivity index (χ1n) is 6.65. The van der Waals surface area contributed by atoms with Crippen molar-refractivity contribution in [3.8, 4) is 0 Å². The molecule has 4 nitrogen and oxygen atoms in total. The molecule has 0 saturated heterocycles. The summed E-state index contributed by atoms with van der Waals surface area (Å²) in [5, 5.41) is 0. The number of hydrogen-bond donors (Lipinski definition) is 1. The summed E-state index contributed by atoms with van der Waals surface area (Å²) in [6, 6.07) is 11.7. The van der Waals surface area contributed by atoms with Crippen LogP contribution >= 0.6 is 15.9 Å². The number of rotatable bonds is 1. The fraction of sp³-hybridized carbons (Fsp3) is 0.125. The molecule has 0 bridgehead atoms. The minimum absolute atomic E-state index is 0.338. The molecule has 6 heteroatoms. The van der Waals surface area contributed by atoms with E-state index in [1.54, 1.807) is 13.1 Å². The van der Waals surface area contributed by atoms with Crippen LogP contribution in [-0.2, 0) is 4.79 Å². The van der Waals surface area contributed by atoms with Crippen molar-refractivity contribution in [3.05, 3.63) is 63.9 Å². The van der Waals surface area contributed by atoms with Crippen LogP contribution in [0.4, 0.5) is 10.1 Å². The average Bonchev–Trinajstić information content (AvgIpc) is 2.59. The molecule has 112 valence electrons. The summed E-state index contributed by atoms with van der Waals surface area (Å²) in [7, 11) is 1.61. The fourth-order valence-electron chi connectivity index (χ4n) is 2.44. The Bertz CT molecular complexity index is 791. The average molecular weight is 362 g/mol. The number of benzodiazepines with no additional fused rings is 1. The van der Waals surface area contributed by atoms with E-state index < -0.39 is 12.0 Å². The number of benzene rings is 2. The Hall–Kier alpha value is -2.05. The Morgan fingerprint density at radius 1 is 1.23 bits per heavy atom. The molecule has 1 unspecified atom stereocenters. The van der Waals surface area contributed by atoms with E-state index in [0.29, 0.717) is 17.0 Å². The van der Waals surface area contributed by atoms with Gasteiger partial charge < -0.3 is 10.6 Å². The number of carbonyl (C=O) groups excluding carboxylic acids is 1. The molecule has 2 N–H and O–H groups in total. The Morgan fingerprint density at radius 2 is 1.95 bits per heavy atom. The van der Waals surface area contributed by atoms with Gasteiger partial charge in [0.2, 0.25) is 0 Å². The molecule has 1 amide bonds. The Labute approximate surface area is 135 Å². The molecule has 1 aliphatic heterocycles. The molecule has 0 fully saturated rings. The van der Waals surface area contributed by atoms with Gasteiger partial charge in [0, 0.05) is 22.6 Å². The molecule has 2 aromatic carbocycles. The molecule has 0 aromatic heterocycles. The molecule has 0 spiro atoms. The summed E-state index contributed by atoms with van der Waals surface area (Å²) in [5.41, 5.74) is 8.24. The zero-order valence-electron chi connectivity index (χ0n) is 11.8. The first kappa shape index (κ1) is 14.9. The zero-order chi connectivity index (χ0) is 15.9. The van der Waals surface area contributed by atoms with Crippen molar-refractivity contribution in [1.82, 2.24) is 0 Å².